The molecular weight excluding hydrogens is 226 g/mol. The van der Waals surface area contributed by atoms with Gasteiger partial charge in [0.25, 0.3) is 0 Å². The predicted octanol–water partition coefficient (Wildman–Crippen LogP) is 1.23. The molecule has 3 nitrogen and oxygen atoms in total. The van der Waals surface area contributed by atoms with Gasteiger partial charge in [0, 0.05) is 25.1 Å². The van der Waals surface area contributed by atoms with Crippen molar-refractivity contribution in [2.24, 2.45) is 0 Å². The third kappa shape index (κ3) is 5.33. The van der Waals surface area contributed by atoms with Gasteiger partial charge in [-0.1, -0.05) is 30.9 Å². The van der Waals surface area contributed by atoms with Gasteiger partial charge in [0.05, 0.1) is 13.2 Å². The average molecular weight is 247 g/mol. The zero-order chi connectivity index (χ0) is 13.2. The standard InChI is InChI=1S/C15H21NO2/c1-2-16(9-11-18)13-15-8-5-7-14(12-15)6-3-4-10-17/h5,7-8,12,17-18H,2,4,9-11,13H2,1H3. The first-order chi connectivity index (χ1) is 8.80. The number of aliphatic hydroxyl groups is 2. The Morgan fingerprint density at radius 2 is 2.06 bits per heavy atom. The summed E-state index contributed by atoms with van der Waals surface area (Å²) < 4.78 is 0. The summed E-state index contributed by atoms with van der Waals surface area (Å²) in [7, 11) is 0. The Bertz CT molecular complexity index is 406. The van der Waals surface area contributed by atoms with Crippen LogP contribution in [-0.2, 0) is 6.54 Å². The lowest BCUT2D eigenvalue weighted by atomic mass is 10.1. The van der Waals surface area contributed by atoms with E-state index in [0.29, 0.717) is 13.0 Å². The molecule has 0 atom stereocenters. The molecule has 0 bridgehead atoms. The van der Waals surface area contributed by atoms with Crippen LogP contribution in [0.25, 0.3) is 0 Å². The van der Waals surface area contributed by atoms with Crippen molar-refractivity contribution in [2.45, 2.75) is 19.9 Å². The van der Waals surface area contributed by atoms with E-state index in [1.165, 1.54) is 5.56 Å². The second-order valence-corrected chi connectivity index (χ2v) is 4.07. The number of rotatable bonds is 6. The number of benzene rings is 1. The lowest BCUT2D eigenvalue weighted by Crippen LogP contribution is -2.26. The van der Waals surface area contributed by atoms with Crippen LogP contribution in [0.2, 0.25) is 0 Å². The predicted molar refractivity (Wildman–Crippen MR) is 73.1 cm³/mol. The first-order valence-corrected chi connectivity index (χ1v) is 6.32. The lowest BCUT2D eigenvalue weighted by Gasteiger charge is -2.19. The summed E-state index contributed by atoms with van der Waals surface area (Å²) in [6, 6.07) is 8.09. The van der Waals surface area contributed by atoms with Crippen LogP contribution in [0.3, 0.4) is 0 Å². The number of hydrogen-bond donors (Lipinski definition) is 2. The van der Waals surface area contributed by atoms with Crippen LogP contribution < -0.4 is 0 Å². The van der Waals surface area contributed by atoms with E-state index in [1.807, 2.05) is 12.1 Å². The van der Waals surface area contributed by atoms with Crippen LogP contribution in [0.4, 0.5) is 0 Å². The minimum atomic E-state index is 0.104. The van der Waals surface area contributed by atoms with Gasteiger partial charge in [0.15, 0.2) is 0 Å². The van der Waals surface area contributed by atoms with E-state index in [9.17, 15) is 0 Å². The molecule has 0 aliphatic carbocycles. The summed E-state index contributed by atoms with van der Waals surface area (Å²) in [6.45, 7) is 4.81. The van der Waals surface area contributed by atoms with Crippen LogP contribution >= 0.6 is 0 Å². The zero-order valence-corrected chi connectivity index (χ0v) is 10.9. The Morgan fingerprint density at radius 1 is 1.22 bits per heavy atom. The highest BCUT2D eigenvalue weighted by Gasteiger charge is 2.02. The third-order valence-electron chi connectivity index (χ3n) is 2.67. The van der Waals surface area contributed by atoms with Crippen molar-refractivity contribution in [2.75, 3.05) is 26.3 Å². The fourth-order valence-corrected chi connectivity index (χ4v) is 1.72. The second kappa shape index (κ2) is 8.71. The van der Waals surface area contributed by atoms with Crippen molar-refractivity contribution in [1.29, 1.82) is 0 Å². The Balaban J connectivity index is 2.67. The zero-order valence-electron chi connectivity index (χ0n) is 10.9. The van der Waals surface area contributed by atoms with Gasteiger partial charge in [-0.05, 0) is 24.2 Å². The van der Waals surface area contributed by atoms with Gasteiger partial charge in [0.1, 0.15) is 0 Å². The van der Waals surface area contributed by atoms with Gasteiger partial charge in [-0.15, -0.1) is 0 Å². The van der Waals surface area contributed by atoms with Crippen molar-refractivity contribution in [3.05, 3.63) is 35.4 Å². The number of likely N-dealkylation sites (N-methyl/N-ethyl adjacent to an activating group) is 1. The summed E-state index contributed by atoms with van der Waals surface area (Å²) in [4.78, 5) is 2.18. The molecule has 18 heavy (non-hydrogen) atoms. The van der Waals surface area contributed by atoms with Gasteiger partial charge < -0.3 is 10.2 Å². The maximum absolute atomic E-state index is 8.96. The van der Waals surface area contributed by atoms with Crippen LogP contribution in [0.15, 0.2) is 24.3 Å². The molecule has 3 heteroatoms. The summed E-state index contributed by atoms with van der Waals surface area (Å²) in [5.74, 6) is 5.95. The molecule has 0 spiro atoms. The van der Waals surface area contributed by atoms with E-state index in [4.69, 9.17) is 10.2 Å². The van der Waals surface area contributed by atoms with Crippen molar-refractivity contribution in [3.63, 3.8) is 0 Å². The Morgan fingerprint density at radius 3 is 2.72 bits per heavy atom. The van der Waals surface area contributed by atoms with E-state index >= 15 is 0 Å². The first kappa shape index (κ1) is 14.7. The fourth-order valence-electron chi connectivity index (χ4n) is 1.72. The minimum absolute atomic E-state index is 0.104. The quantitative estimate of drug-likeness (QED) is 0.743. The molecule has 1 rings (SSSR count). The van der Waals surface area contributed by atoms with Crippen LogP contribution in [0, 0.1) is 11.8 Å². The topological polar surface area (TPSA) is 43.7 Å². The van der Waals surface area contributed by atoms with Crippen LogP contribution in [0.1, 0.15) is 24.5 Å². The van der Waals surface area contributed by atoms with Gasteiger partial charge in [-0.3, -0.25) is 4.90 Å². The summed E-state index contributed by atoms with van der Waals surface area (Å²) in [6.07, 6.45) is 0.510. The molecule has 1 aromatic carbocycles. The van der Waals surface area contributed by atoms with Crippen molar-refractivity contribution >= 4 is 0 Å². The summed E-state index contributed by atoms with van der Waals surface area (Å²) in [5, 5.41) is 17.6. The molecule has 1 aromatic rings. The Kier molecular flexibility index (Phi) is 7.12. The van der Waals surface area contributed by atoms with E-state index in [0.717, 1.165) is 18.7 Å². The molecular formula is C15H21NO2. The smallest absolute Gasteiger partial charge is 0.0558 e. The van der Waals surface area contributed by atoms with E-state index in [1.54, 1.807) is 0 Å². The van der Waals surface area contributed by atoms with Crippen LogP contribution in [-0.4, -0.2) is 41.4 Å². The molecule has 0 aromatic heterocycles. The molecule has 2 N–H and O–H groups in total. The highest BCUT2D eigenvalue weighted by atomic mass is 16.3. The average Bonchev–Trinajstić information content (AvgIpc) is 2.39. The monoisotopic (exact) mass is 247 g/mol. The molecule has 0 aliphatic heterocycles. The summed E-state index contributed by atoms with van der Waals surface area (Å²) >= 11 is 0. The fraction of sp³-hybridized carbons (Fsp3) is 0.467. The molecule has 0 amide bonds. The second-order valence-electron chi connectivity index (χ2n) is 4.07. The third-order valence-corrected chi connectivity index (χ3v) is 2.67. The normalized spacial score (nSPS) is 10.2. The molecule has 0 heterocycles. The maximum atomic E-state index is 8.96. The van der Waals surface area contributed by atoms with E-state index < -0.39 is 0 Å². The van der Waals surface area contributed by atoms with Gasteiger partial charge in [0.2, 0.25) is 0 Å². The van der Waals surface area contributed by atoms with Crippen LogP contribution in [0.5, 0.6) is 0 Å². The van der Waals surface area contributed by atoms with Gasteiger partial charge in [-0.2, -0.15) is 0 Å². The van der Waals surface area contributed by atoms with Gasteiger partial charge in [-0.25, -0.2) is 0 Å². The number of aliphatic hydroxyl groups excluding tert-OH is 2. The largest absolute Gasteiger partial charge is 0.395 e. The lowest BCUT2D eigenvalue weighted by molar-refractivity contribution is 0.197. The van der Waals surface area contributed by atoms with Gasteiger partial charge >= 0.3 is 0 Å². The van der Waals surface area contributed by atoms with E-state index in [2.05, 4.69) is 35.8 Å². The highest BCUT2D eigenvalue weighted by molar-refractivity contribution is 5.37. The SMILES string of the molecule is CCN(CCO)Cc1cccc(C#CCCO)c1. The van der Waals surface area contributed by atoms with Crippen molar-refractivity contribution in [3.8, 4) is 11.8 Å². The molecule has 0 unspecified atom stereocenters. The molecule has 0 saturated heterocycles. The summed E-state index contributed by atoms with van der Waals surface area (Å²) in [5.41, 5.74) is 2.17. The van der Waals surface area contributed by atoms with Crippen molar-refractivity contribution < 1.29 is 10.2 Å². The Hall–Kier alpha value is -1.34. The molecule has 0 aliphatic rings. The van der Waals surface area contributed by atoms with Crippen molar-refractivity contribution in [1.82, 2.24) is 4.90 Å². The molecule has 0 radical (unpaired) electrons. The molecule has 0 saturated carbocycles. The van der Waals surface area contributed by atoms with E-state index in [-0.39, 0.29) is 13.2 Å². The maximum Gasteiger partial charge on any atom is 0.0558 e. The first-order valence-electron chi connectivity index (χ1n) is 6.32. The number of nitrogens with zero attached hydrogens (tertiary/aromatic N) is 1. The Labute approximate surface area is 109 Å². The molecule has 0 fully saturated rings. The molecule has 98 valence electrons. The minimum Gasteiger partial charge on any atom is -0.395 e. The number of hydrogen-bond acceptors (Lipinski definition) is 3. The highest BCUT2D eigenvalue weighted by Crippen LogP contribution is 2.07.